The molecule has 1 heterocycles. The number of ether oxygens (including phenoxy) is 4. The first kappa shape index (κ1) is 14.4. The molecule has 6 heteroatoms. The van der Waals surface area contributed by atoms with Crippen molar-refractivity contribution in [1.29, 1.82) is 0 Å². The lowest BCUT2D eigenvalue weighted by Gasteiger charge is -2.51. The van der Waals surface area contributed by atoms with E-state index in [1.54, 1.807) is 6.92 Å². The van der Waals surface area contributed by atoms with Gasteiger partial charge in [0.1, 0.15) is 0 Å². The Bertz CT molecular complexity index is 317. The number of carbonyl (C=O) groups is 1. The van der Waals surface area contributed by atoms with Crippen LogP contribution in [0.2, 0.25) is 0 Å². The van der Waals surface area contributed by atoms with Crippen molar-refractivity contribution < 1.29 is 28.8 Å². The second-order valence-electron chi connectivity index (χ2n) is 4.57. The van der Waals surface area contributed by atoms with Crippen molar-refractivity contribution in [2.24, 2.45) is 0 Å². The quantitative estimate of drug-likeness (QED) is 0.730. The van der Waals surface area contributed by atoms with Crippen LogP contribution in [0.15, 0.2) is 0 Å². The van der Waals surface area contributed by atoms with Crippen molar-refractivity contribution in [3.8, 4) is 0 Å². The molecule has 17 heavy (non-hydrogen) atoms. The number of aliphatic hydroxyl groups is 1. The average molecular weight is 248 g/mol. The Kier molecular flexibility index (Phi) is 3.55. The normalized spacial score (nSPS) is 44.3. The Morgan fingerprint density at radius 1 is 1.18 bits per heavy atom. The fourth-order valence-corrected chi connectivity index (χ4v) is 1.62. The summed E-state index contributed by atoms with van der Waals surface area (Å²) in [5.41, 5.74) is -1.48. The predicted molar refractivity (Wildman–Crippen MR) is 58.1 cm³/mol. The largest absolute Gasteiger partial charge is 0.425 e. The molecule has 1 rings (SSSR count). The lowest BCUT2D eigenvalue weighted by Crippen LogP contribution is -2.70. The van der Waals surface area contributed by atoms with Gasteiger partial charge in [0.15, 0.2) is 5.60 Å². The van der Waals surface area contributed by atoms with Gasteiger partial charge < -0.3 is 24.1 Å². The maximum absolute atomic E-state index is 11.9. The molecular weight excluding hydrogens is 228 g/mol. The summed E-state index contributed by atoms with van der Waals surface area (Å²) in [6, 6.07) is 0. The zero-order valence-corrected chi connectivity index (χ0v) is 11.1. The van der Waals surface area contributed by atoms with Gasteiger partial charge in [-0.3, -0.25) is 0 Å². The first-order chi connectivity index (χ1) is 7.65. The molecule has 1 fully saturated rings. The molecule has 0 saturated carbocycles. The first-order valence-electron chi connectivity index (χ1n) is 5.37. The van der Waals surface area contributed by atoms with E-state index in [2.05, 4.69) is 0 Å². The molecule has 4 atom stereocenters. The summed E-state index contributed by atoms with van der Waals surface area (Å²) in [7, 11) is 2.80. The molecule has 6 nitrogen and oxygen atoms in total. The molecule has 0 aliphatic carbocycles. The zero-order chi connectivity index (χ0) is 13.5. The topological polar surface area (TPSA) is 74.2 Å². The molecule has 0 aromatic carbocycles. The Morgan fingerprint density at radius 3 is 2.00 bits per heavy atom. The van der Waals surface area contributed by atoms with Crippen LogP contribution in [-0.4, -0.2) is 48.6 Å². The van der Waals surface area contributed by atoms with Gasteiger partial charge in [0, 0.05) is 21.1 Å². The van der Waals surface area contributed by atoms with E-state index in [0.717, 1.165) is 0 Å². The second kappa shape index (κ2) is 4.20. The highest BCUT2D eigenvalue weighted by Gasteiger charge is 2.63. The smallest absolute Gasteiger partial charge is 0.343 e. The van der Waals surface area contributed by atoms with Crippen molar-refractivity contribution >= 4 is 5.97 Å². The van der Waals surface area contributed by atoms with Crippen molar-refractivity contribution in [2.75, 3.05) is 14.2 Å². The standard InChI is InChI=1S/C11H20O6/c1-7(12)9(2)8(13)16-10(3,14-5)11(4,15-6)17-9/h7,12H,1-6H3/t7-,9-,10+,11+/m0/s1. The number of methoxy groups -OCH3 is 2. The van der Waals surface area contributed by atoms with Crippen LogP contribution in [0.4, 0.5) is 0 Å². The molecule has 100 valence electrons. The SMILES string of the molecule is CO[C@]1(C)OC(=O)[C@](C)([C@H](C)O)O[C@@]1(C)OC. The van der Waals surface area contributed by atoms with Crippen LogP contribution in [-0.2, 0) is 23.7 Å². The van der Waals surface area contributed by atoms with E-state index < -0.39 is 29.2 Å². The van der Waals surface area contributed by atoms with E-state index in [9.17, 15) is 9.90 Å². The van der Waals surface area contributed by atoms with E-state index in [-0.39, 0.29) is 0 Å². The highest BCUT2D eigenvalue weighted by atomic mass is 16.8. The molecular formula is C11H20O6. The lowest BCUT2D eigenvalue weighted by atomic mass is 9.95. The minimum Gasteiger partial charge on any atom is -0.425 e. The van der Waals surface area contributed by atoms with Crippen LogP contribution in [0.25, 0.3) is 0 Å². The van der Waals surface area contributed by atoms with Crippen LogP contribution < -0.4 is 0 Å². The summed E-state index contributed by atoms with van der Waals surface area (Å²) in [4.78, 5) is 11.9. The number of cyclic esters (lactones) is 1. The third-order valence-electron chi connectivity index (χ3n) is 3.50. The molecule has 1 N–H and O–H groups in total. The van der Waals surface area contributed by atoms with Gasteiger partial charge in [-0.15, -0.1) is 0 Å². The number of hydrogen-bond donors (Lipinski definition) is 1. The van der Waals surface area contributed by atoms with Crippen molar-refractivity contribution in [3.05, 3.63) is 0 Å². The van der Waals surface area contributed by atoms with Crippen molar-refractivity contribution in [2.45, 2.75) is 51.0 Å². The summed E-state index contributed by atoms with van der Waals surface area (Å²) in [5.74, 6) is -3.36. The molecule has 0 unspecified atom stereocenters. The molecule has 1 saturated heterocycles. The van der Waals surface area contributed by atoms with Gasteiger partial charge in [0.25, 0.3) is 5.79 Å². The predicted octanol–water partition coefficient (Wildman–Crippen LogP) is 0.424. The highest BCUT2D eigenvalue weighted by Crippen LogP contribution is 2.42. The number of carbonyl (C=O) groups excluding carboxylic acids is 1. The Hall–Kier alpha value is -0.690. The molecule has 0 amide bonds. The van der Waals surface area contributed by atoms with E-state index in [1.807, 2.05) is 0 Å². The summed E-state index contributed by atoms with van der Waals surface area (Å²) >= 11 is 0. The maximum Gasteiger partial charge on any atom is 0.343 e. The van der Waals surface area contributed by atoms with E-state index in [1.165, 1.54) is 35.0 Å². The third kappa shape index (κ3) is 1.95. The number of aliphatic hydroxyl groups excluding tert-OH is 1. The van der Waals surface area contributed by atoms with Crippen molar-refractivity contribution in [1.82, 2.24) is 0 Å². The minimum absolute atomic E-state index is 0.689. The number of esters is 1. The van der Waals surface area contributed by atoms with Gasteiger partial charge in [-0.05, 0) is 20.8 Å². The average Bonchev–Trinajstić information content (AvgIpc) is 2.26. The van der Waals surface area contributed by atoms with Gasteiger partial charge in [-0.25, -0.2) is 4.79 Å². The minimum atomic E-state index is -1.48. The molecule has 0 bridgehead atoms. The summed E-state index contributed by atoms with van der Waals surface area (Å²) in [6.45, 7) is 6.03. The van der Waals surface area contributed by atoms with Crippen LogP contribution in [0.3, 0.4) is 0 Å². The summed E-state index contributed by atoms with van der Waals surface area (Å²) < 4.78 is 21.3. The van der Waals surface area contributed by atoms with E-state index in [4.69, 9.17) is 18.9 Å². The van der Waals surface area contributed by atoms with E-state index >= 15 is 0 Å². The number of hydrogen-bond acceptors (Lipinski definition) is 6. The lowest BCUT2D eigenvalue weighted by molar-refractivity contribution is -0.426. The third-order valence-corrected chi connectivity index (χ3v) is 3.50. The van der Waals surface area contributed by atoms with Crippen molar-refractivity contribution in [3.63, 3.8) is 0 Å². The number of rotatable bonds is 3. The van der Waals surface area contributed by atoms with Gasteiger partial charge in [0.05, 0.1) is 6.10 Å². The van der Waals surface area contributed by atoms with Gasteiger partial charge >= 0.3 is 5.97 Å². The molecule has 0 radical (unpaired) electrons. The fourth-order valence-electron chi connectivity index (χ4n) is 1.62. The highest BCUT2D eigenvalue weighted by molar-refractivity contribution is 5.81. The zero-order valence-electron chi connectivity index (χ0n) is 11.1. The second-order valence-corrected chi connectivity index (χ2v) is 4.57. The van der Waals surface area contributed by atoms with Crippen LogP contribution in [0.5, 0.6) is 0 Å². The molecule has 1 aliphatic heterocycles. The Morgan fingerprint density at radius 2 is 1.65 bits per heavy atom. The molecule has 0 aromatic heterocycles. The summed E-state index contributed by atoms with van der Waals surface area (Å²) in [6.07, 6.45) is -1.04. The fraction of sp³-hybridized carbons (Fsp3) is 0.909. The first-order valence-corrected chi connectivity index (χ1v) is 5.37. The summed E-state index contributed by atoms with van der Waals surface area (Å²) in [5, 5.41) is 9.66. The molecule has 1 aliphatic rings. The van der Waals surface area contributed by atoms with Gasteiger partial charge in [0.2, 0.25) is 5.79 Å². The van der Waals surface area contributed by atoms with Crippen LogP contribution >= 0.6 is 0 Å². The maximum atomic E-state index is 11.9. The Labute approximate surface area is 101 Å². The molecule has 0 aromatic rings. The van der Waals surface area contributed by atoms with Gasteiger partial charge in [-0.2, -0.15) is 0 Å². The monoisotopic (exact) mass is 248 g/mol. The van der Waals surface area contributed by atoms with Gasteiger partial charge in [-0.1, -0.05) is 0 Å². The van der Waals surface area contributed by atoms with Crippen LogP contribution in [0.1, 0.15) is 27.7 Å². The van der Waals surface area contributed by atoms with Crippen LogP contribution in [0, 0.1) is 0 Å². The Balaban J connectivity index is 3.17. The molecule has 0 spiro atoms. The van der Waals surface area contributed by atoms with E-state index in [0.29, 0.717) is 0 Å².